The van der Waals surface area contributed by atoms with Crippen LogP contribution in [0.1, 0.15) is 0 Å². The van der Waals surface area contributed by atoms with E-state index in [1.54, 1.807) is 18.2 Å². The fraction of sp³-hybridized carbons (Fsp3) is 0.222. The zero-order chi connectivity index (χ0) is 10.6. The van der Waals surface area contributed by atoms with E-state index in [-0.39, 0.29) is 6.61 Å². The lowest BCUT2D eigenvalue weighted by molar-refractivity contribution is -0.119. The van der Waals surface area contributed by atoms with Crippen molar-refractivity contribution in [1.82, 2.24) is 0 Å². The Morgan fingerprint density at radius 3 is 2.86 bits per heavy atom. The Balaban J connectivity index is 2.87. The van der Waals surface area contributed by atoms with E-state index in [1.807, 2.05) is 0 Å². The van der Waals surface area contributed by atoms with Crippen LogP contribution in [-0.4, -0.2) is 19.6 Å². The van der Waals surface area contributed by atoms with E-state index in [9.17, 15) is 4.79 Å². The number of amides is 1. The highest BCUT2D eigenvalue weighted by atomic mass is 79.9. The molecule has 1 aromatic carbocycles. The Kier molecular flexibility index (Phi) is 3.76. The third kappa shape index (κ3) is 2.63. The van der Waals surface area contributed by atoms with Crippen molar-refractivity contribution in [3.8, 4) is 11.5 Å². The van der Waals surface area contributed by atoms with Gasteiger partial charge >= 0.3 is 0 Å². The van der Waals surface area contributed by atoms with Crippen LogP contribution in [0.3, 0.4) is 0 Å². The molecule has 1 amide bonds. The van der Waals surface area contributed by atoms with E-state index >= 15 is 0 Å². The summed E-state index contributed by atoms with van der Waals surface area (Å²) in [5.41, 5.74) is 4.96. The van der Waals surface area contributed by atoms with Gasteiger partial charge in [-0.05, 0) is 28.1 Å². The van der Waals surface area contributed by atoms with Crippen LogP contribution >= 0.6 is 15.9 Å². The molecule has 0 saturated carbocycles. The summed E-state index contributed by atoms with van der Waals surface area (Å²) in [6.45, 7) is -0.168. The van der Waals surface area contributed by atoms with Gasteiger partial charge in [0.15, 0.2) is 18.1 Å². The summed E-state index contributed by atoms with van der Waals surface area (Å²) in [6, 6.07) is 5.33. The Labute approximate surface area is 90.1 Å². The lowest BCUT2D eigenvalue weighted by Gasteiger charge is -2.10. The van der Waals surface area contributed by atoms with E-state index in [0.29, 0.717) is 11.5 Å². The molecule has 0 aliphatic carbocycles. The number of hydrogen-bond acceptors (Lipinski definition) is 3. The number of carbonyl (C=O) groups excluding carboxylic acids is 1. The van der Waals surface area contributed by atoms with E-state index in [1.165, 1.54) is 7.11 Å². The number of rotatable bonds is 4. The topological polar surface area (TPSA) is 61.6 Å². The molecule has 1 rings (SSSR count). The van der Waals surface area contributed by atoms with E-state index in [4.69, 9.17) is 15.2 Å². The van der Waals surface area contributed by atoms with Gasteiger partial charge in [-0.15, -0.1) is 0 Å². The second kappa shape index (κ2) is 4.85. The van der Waals surface area contributed by atoms with Gasteiger partial charge < -0.3 is 15.2 Å². The molecule has 0 aliphatic heterocycles. The first kappa shape index (κ1) is 10.8. The zero-order valence-electron chi connectivity index (χ0n) is 7.62. The van der Waals surface area contributed by atoms with Crippen LogP contribution in [0.25, 0.3) is 0 Å². The smallest absolute Gasteiger partial charge is 0.255 e. The zero-order valence-corrected chi connectivity index (χ0v) is 9.21. The van der Waals surface area contributed by atoms with Gasteiger partial charge in [-0.1, -0.05) is 6.07 Å². The number of primary amides is 1. The van der Waals surface area contributed by atoms with Crippen LogP contribution < -0.4 is 15.2 Å². The average molecular weight is 260 g/mol. The van der Waals surface area contributed by atoms with E-state index in [0.717, 1.165) is 4.47 Å². The standard InChI is InChI=1S/C9H10BrNO3/c1-13-7-4-2-3-6(10)9(7)14-5-8(11)12/h2-4H,5H2,1H3,(H2,11,12). The molecule has 0 atom stereocenters. The van der Waals surface area contributed by atoms with Gasteiger partial charge in [0.25, 0.3) is 5.91 Å². The van der Waals surface area contributed by atoms with E-state index in [2.05, 4.69) is 15.9 Å². The van der Waals surface area contributed by atoms with Crippen LogP contribution in [0.15, 0.2) is 22.7 Å². The molecule has 0 aromatic heterocycles. The average Bonchev–Trinajstić information content (AvgIpc) is 2.15. The van der Waals surface area contributed by atoms with Gasteiger partial charge in [0, 0.05) is 0 Å². The third-order valence-electron chi connectivity index (χ3n) is 1.51. The summed E-state index contributed by atoms with van der Waals surface area (Å²) in [5.74, 6) is 0.511. The molecule has 76 valence electrons. The lowest BCUT2D eigenvalue weighted by Crippen LogP contribution is -2.20. The predicted octanol–water partition coefficient (Wildman–Crippen LogP) is 1.32. The minimum absolute atomic E-state index is 0.168. The van der Waals surface area contributed by atoms with Crippen molar-refractivity contribution in [3.05, 3.63) is 22.7 Å². The summed E-state index contributed by atoms with van der Waals surface area (Å²) in [7, 11) is 1.53. The number of halogens is 1. The number of para-hydroxylation sites is 1. The van der Waals surface area contributed by atoms with Gasteiger partial charge in [0.1, 0.15) is 0 Å². The normalized spacial score (nSPS) is 9.57. The Hall–Kier alpha value is -1.23. The number of nitrogens with two attached hydrogens (primary N) is 1. The largest absolute Gasteiger partial charge is 0.493 e. The van der Waals surface area contributed by atoms with Crippen molar-refractivity contribution in [2.75, 3.05) is 13.7 Å². The highest BCUT2D eigenvalue weighted by Gasteiger charge is 2.09. The maximum absolute atomic E-state index is 10.5. The minimum atomic E-state index is -0.525. The number of benzene rings is 1. The molecule has 0 spiro atoms. The second-order valence-corrected chi connectivity index (χ2v) is 3.38. The SMILES string of the molecule is COc1cccc(Br)c1OCC(N)=O. The first-order valence-corrected chi connectivity index (χ1v) is 4.68. The van der Waals surface area contributed by atoms with E-state index < -0.39 is 5.91 Å². The predicted molar refractivity (Wildman–Crippen MR) is 55.4 cm³/mol. The molecule has 0 saturated heterocycles. The summed E-state index contributed by atoms with van der Waals surface area (Å²) < 4.78 is 10.9. The molecule has 1 aromatic rings. The number of carbonyl (C=O) groups is 1. The monoisotopic (exact) mass is 259 g/mol. The molecule has 0 heterocycles. The van der Waals surface area contributed by atoms with Crippen molar-refractivity contribution < 1.29 is 14.3 Å². The molecule has 14 heavy (non-hydrogen) atoms. The number of ether oxygens (including phenoxy) is 2. The summed E-state index contributed by atoms with van der Waals surface area (Å²) in [4.78, 5) is 10.5. The highest BCUT2D eigenvalue weighted by Crippen LogP contribution is 2.34. The molecule has 5 heteroatoms. The van der Waals surface area contributed by atoms with Gasteiger partial charge in [-0.25, -0.2) is 0 Å². The molecule has 0 aliphatic rings. The van der Waals surface area contributed by atoms with Crippen LogP contribution in [0.5, 0.6) is 11.5 Å². The fourth-order valence-electron chi connectivity index (χ4n) is 0.933. The van der Waals surface area contributed by atoms with Gasteiger partial charge in [0.05, 0.1) is 11.6 Å². The third-order valence-corrected chi connectivity index (χ3v) is 2.13. The van der Waals surface area contributed by atoms with Gasteiger partial charge in [-0.2, -0.15) is 0 Å². The van der Waals surface area contributed by atoms with Crippen LogP contribution in [0.2, 0.25) is 0 Å². The molecule has 4 nitrogen and oxygen atoms in total. The first-order valence-electron chi connectivity index (χ1n) is 3.88. The summed E-state index contributed by atoms with van der Waals surface area (Å²) in [6.07, 6.45) is 0. The summed E-state index contributed by atoms with van der Waals surface area (Å²) in [5, 5.41) is 0. The van der Waals surface area contributed by atoms with Gasteiger partial charge in [0.2, 0.25) is 0 Å². The molecule has 2 N–H and O–H groups in total. The molecular formula is C9H10BrNO3. The Morgan fingerprint density at radius 1 is 1.57 bits per heavy atom. The van der Waals surface area contributed by atoms with Crippen molar-refractivity contribution in [1.29, 1.82) is 0 Å². The molecular weight excluding hydrogens is 250 g/mol. The number of hydrogen-bond donors (Lipinski definition) is 1. The first-order chi connectivity index (χ1) is 6.65. The molecule has 0 unspecified atom stereocenters. The lowest BCUT2D eigenvalue weighted by atomic mass is 10.3. The summed E-state index contributed by atoms with van der Waals surface area (Å²) >= 11 is 3.28. The second-order valence-electron chi connectivity index (χ2n) is 2.53. The Bertz CT molecular complexity index is 341. The van der Waals surface area contributed by atoms with Crippen molar-refractivity contribution >= 4 is 21.8 Å². The van der Waals surface area contributed by atoms with Crippen LogP contribution in [0.4, 0.5) is 0 Å². The van der Waals surface area contributed by atoms with Crippen molar-refractivity contribution in [2.24, 2.45) is 5.73 Å². The van der Waals surface area contributed by atoms with Crippen molar-refractivity contribution in [2.45, 2.75) is 0 Å². The molecule has 0 fully saturated rings. The van der Waals surface area contributed by atoms with Crippen molar-refractivity contribution in [3.63, 3.8) is 0 Å². The molecule has 0 radical (unpaired) electrons. The minimum Gasteiger partial charge on any atom is -0.493 e. The van der Waals surface area contributed by atoms with Crippen LogP contribution in [0, 0.1) is 0 Å². The fourth-order valence-corrected chi connectivity index (χ4v) is 1.40. The Morgan fingerprint density at radius 2 is 2.29 bits per heavy atom. The quantitative estimate of drug-likeness (QED) is 0.888. The molecule has 0 bridgehead atoms. The van der Waals surface area contributed by atoms with Gasteiger partial charge in [-0.3, -0.25) is 4.79 Å². The maximum atomic E-state index is 10.5. The number of methoxy groups -OCH3 is 1. The highest BCUT2D eigenvalue weighted by molar-refractivity contribution is 9.10. The van der Waals surface area contributed by atoms with Crippen LogP contribution in [-0.2, 0) is 4.79 Å². The maximum Gasteiger partial charge on any atom is 0.255 e.